The van der Waals surface area contributed by atoms with Crippen LogP contribution in [-0.2, 0) is 22.9 Å². The summed E-state index contributed by atoms with van der Waals surface area (Å²) in [6.07, 6.45) is 1.46. The quantitative estimate of drug-likeness (QED) is 0.654. The third kappa shape index (κ3) is 3.59. The van der Waals surface area contributed by atoms with Gasteiger partial charge in [-0.2, -0.15) is 0 Å². The number of nitrogens with one attached hydrogen (secondary N) is 1. The fraction of sp³-hybridized carbons (Fsp3) is 0.208. The van der Waals surface area contributed by atoms with E-state index in [-0.39, 0.29) is 16.8 Å². The molecule has 1 atom stereocenters. The molecule has 0 saturated heterocycles. The maximum Gasteiger partial charge on any atom is 0.264 e. The maximum absolute atomic E-state index is 13.4. The second kappa shape index (κ2) is 7.95. The SMILES string of the molecule is CCc1ccccc1NC(=O)c1cccc(S(=O)(=O)N2c3ccccc3CC2C)c1. The number of hydrogen-bond donors (Lipinski definition) is 1. The molecule has 0 spiro atoms. The van der Waals surface area contributed by atoms with Gasteiger partial charge in [0.2, 0.25) is 0 Å². The largest absolute Gasteiger partial charge is 0.322 e. The molecule has 30 heavy (non-hydrogen) atoms. The number of anilines is 2. The molecule has 0 aliphatic carbocycles. The Morgan fingerprint density at radius 1 is 1.03 bits per heavy atom. The normalized spacial score (nSPS) is 15.7. The Hall–Kier alpha value is -3.12. The van der Waals surface area contributed by atoms with Crippen LogP contribution in [0.25, 0.3) is 0 Å². The molecule has 0 aromatic heterocycles. The Kier molecular flexibility index (Phi) is 5.35. The molecule has 1 N–H and O–H groups in total. The monoisotopic (exact) mass is 420 g/mol. The number of aryl methyl sites for hydroxylation is 1. The number of benzene rings is 3. The van der Waals surface area contributed by atoms with E-state index in [0.717, 1.165) is 23.2 Å². The first-order valence-electron chi connectivity index (χ1n) is 10.0. The van der Waals surface area contributed by atoms with Gasteiger partial charge < -0.3 is 5.32 Å². The molecule has 154 valence electrons. The van der Waals surface area contributed by atoms with Gasteiger partial charge in [-0.1, -0.05) is 49.4 Å². The lowest BCUT2D eigenvalue weighted by Crippen LogP contribution is -2.35. The van der Waals surface area contributed by atoms with E-state index in [2.05, 4.69) is 5.32 Å². The van der Waals surface area contributed by atoms with Crippen molar-refractivity contribution < 1.29 is 13.2 Å². The molecule has 0 saturated carbocycles. The molecular weight excluding hydrogens is 396 g/mol. The molecule has 1 amide bonds. The van der Waals surface area contributed by atoms with Crippen molar-refractivity contribution in [1.29, 1.82) is 0 Å². The average molecular weight is 421 g/mol. The summed E-state index contributed by atoms with van der Waals surface area (Å²) < 4.78 is 28.3. The number of rotatable bonds is 5. The number of carbonyl (C=O) groups excluding carboxylic acids is 1. The highest BCUT2D eigenvalue weighted by Gasteiger charge is 2.36. The van der Waals surface area contributed by atoms with Crippen molar-refractivity contribution in [2.45, 2.75) is 37.6 Å². The summed E-state index contributed by atoms with van der Waals surface area (Å²) in [6.45, 7) is 3.92. The smallest absolute Gasteiger partial charge is 0.264 e. The van der Waals surface area contributed by atoms with Gasteiger partial charge in [0.05, 0.1) is 10.6 Å². The van der Waals surface area contributed by atoms with Gasteiger partial charge >= 0.3 is 0 Å². The maximum atomic E-state index is 13.4. The Morgan fingerprint density at radius 3 is 2.57 bits per heavy atom. The van der Waals surface area contributed by atoms with Crippen molar-refractivity contribution >= 4 is 27.3 Å². The van der Waals surface area contributed by atoms with Gasteiger partial charge in [-0.3, -0.25) is 9.10 Å². The molecule has 4 rings (SSSR count). The topological polar surface area (TPSA) is 66.5 Å². The van der Waals surface area contributed by atoms with E-state index in [4.69, 9.17) is 0 Å². The molecular formula is C24H24N2O3S. The highest BCUT2D eigenvalue weighted by Crippen LogP contribution is 2.36. The molecule has 1 heterocycles. The van der Waals surface area contributed by atoms with Crippen LogP contribution in [0.15, 0.2) is 77.7 Å². The minimum Gasteiger partial charge on any atom is -0.322 e. The van der Waals surface area contributed by atoms with E-state index < -0.39 is 10.0 Å². The van der Waals surface area contributed by atoms with Gasteiger partial charge in [0.25, 0.3) is 15.9 Å². The van der Waals surface area contributed by atoms with Gasteiger partial charge in [-0.25, -0.2) is 8.42 Å². The first kappa shape index (κ1) is 20.2. The van der Waals surface area contributed by atoms with Crippen LogP contribution in [-0.4, -0.2) is 20.4 Å². The Morgan fingerprint density at radius 2 is 1.77 bits per heavy atom. The number of nitrogens with zero attached hydrogens (tertiary/aromatic N) is 1. The zero-order valence-corrected chi connectivity index (χ0v) is 17.8. The summed E-state index contributed by atoms with van der Waals surface area (Å²) in [7, 11) is -3.79. The van der Waals surface area contributed by atoms with E-state index in [9.17, 15) is 13.2 Å². The zero-order valence-electron chi connectivity index (χ0n) is 17.0. The summed E-state index contributed by atoms with van der Waals surface area (Å²) in [5.41, 5.74) is 3.79. The second-order valence-corrected chi connectivity index (χ2v) is 9.29. The molecule has 0 fully saturated rings. The first-order valence-corrected chi connectivity index (χ1v) is 11.5. The van der Waals surface area contributed by atoms with Gasteiger partial charge in [0, 0.05) is 17.3 Å². The number of sulfonamides is 1. The molecule has 1 unspecified atom stereocenters. The van der Waals surface area contributed by atoms with E-state index in [1.807, 2.05) is 62.4 Å². The molecule has 5 nitrogen and oxygen atoms in total. The van der Waals surface area contributed by atoms with Crippen LogP contribution in [0.3, 0.4) is 0 Å². The lowest BCUT2D eigenvalue weighted by atomic mass is 10.1. The van der Waals surface area contributed by atoms with Gasteiger partial charge in [0.15, 0.2) is 0 Å². The zero-order chi connectivity index (χ0) is 21.3. The fourth-order valence-electron chi connectivity index (χ4n) is 3.96. The van der Waals surface area contributed by atoms with Crippen LogP contribution in [0.4, 0.5) is 11.4 Å². The third-order valence-electron chi connectivity index (χ3n) is 5.44. The van der Waals surface area contributed by atoms with Crippen molar-refractivity contribution in [3.63, 3.8) is 0 Å². The Bertz CT molecular complexity index is 1200. The van der Waals surface area contributed by atoms with Crippen LogP contribution in [0, 0.1) is 0 Å². The van der Waals surface area contributed by atoms with Gasteiger partial charge in [-0.05, 0) is 61.2 Å². The molecule has 0 radical (unpaired) electrons. The van der Waals surface area contributed by atoms with E-state index in [1.54, 1.807) is 18.2 Å². The van der Waals surface area contributed by atoms with E-state index in [0.29, 0.717) is 17.7 Å². The summed E-state index contributed by atoms with van der Waals surface area (Å²) in [5.74, 6) is -0.331. The average Bonchev–Trinajstić information content (AvgIpc) is 3.10. The number of hydrogen-bond acceptors (Lipinski definition) is 3. The predicted octanol–water partition coefficient (Wildman–Crippen LogP) is 4.64. The van der Waals surface area contributed by atoms with Crippen molar-refractivity contribution in [3.8, 4) is 0 Å². The van der Waals surface area contributed by atoms with Gasteiger partial charge in [-0.15, -0.1) is 0 Å². The Balaban J connectivity index is 1.65. The van der Waals surface area contributed by atoms with E-state index in [1.165, 1.54) is 10.4 Å². The van der Waals surface area contributed by atoms with Crippen molar-refractivity contribution in [2.24, 2.45) is 0 Å². The number of amides is 1. The molecule has 0 bridgehead atoms. The Labute approximate surface area is 177 Å². The minimum atomic E-state index is -3.79. The van der Waals surface area contributed by atoms with Crippen molar-refractivity contribution in [1.82, 2.24) is 0 Å². The molecule has 3 aromatic carbocycles. The molecule has 1 aliphatic heterocycles. The highest BCUT2D eigenvalue weighted by atomic mass is 32.2. The summed E-state index contributed by atoms with van der Waals surface area (Å²) in [4.78, 5) is 12.9. The van der Waals surface area contributed by atoms with Crippen molar-refractivity contribution in [2.75, 3.05) is 9.62 Å². The summed E-state index contributed by atoms with van der Waals surface area (Å²) in [5, 5.41) is 2.90. The van der Waals surface area contributed by atoms with E-state index >= 15 is 0 Å². The predicted molar refractivity (Wildman–Crippen MR) is 119 cm³/mol. The van der Waals surface area contributed by atoms with Crippen LogP contribution < -0.4 is 9.62 Å². The second-order valence-electron chi connectivity index (χ2n) is 7.48. The summed E-state index contributed by atoms with van der Waals surface area (Å²) in [6, 6.07) is 21.2. The molecule has 3 aromatic rings. The number of carbonyl (C=O) groups is 1. The highest BCUT2D eigenvalue weighted by molar-refractivity contribution is 7.92. The summed E-state index contributed by atoms with van der Waals surface area (Å²) >= 11 is 0. The van der Waals surface area contributed by atoms with Crippen LogP contribution in [0.2, 0.25) is 0 Å². The molecule has 1 aliphatic rings. The van der Waals surface area contributed by atoms with Crippen molar-refractivity contribution in [3.05, 3.63) is 89.5 Å². The van der Waals surface area contributed by atoms with Crippen LogP contribution >= 0.6 is 0 Å². The van der Waals surface area contributed by atoms with Gasteiger partial charge in [0.1, 0.15) is 0 Å². The fourth-order valence-corrected chi connectivity index (χ4v) is 5.70. The molecule has 6 heteroatoms. The number of para-hydroxylation sites is 2. The lowest BCUT2D eigenvalue weighted by Gasteiger charge is -2.24. The number of fused-ring (bicyclic) bond motifs is 1. The first-order chi connectivity index (χ1) is 14.4. The third-order valence-corrected chi connectivity index (χ3v) is 7.37. The van der Waals surface area contributed by atoms with Crippen LogP contribution in [0.1, 0.15) is 35.3 Å². The standard InChI is InChI=1S/C24H24N2O3S/c1-3-18-9-4-6-13-22(18)25-24(27)20-11-8-12-21(16-20)30(28,29)26-17(2)15-19-10-5-7-14-23(19)26/h4-14,16-17H,3,15H2,1-2H3,(H,25,27). The minimum absolute atomic E-state index is 0.113. The lowest BCUT2D eigenvalue weighted by molar-refractivity contribution is 0.102. The van der Waals surface area contributed by atoms with Crippen LogP contribution in [0.5, 0.6) is 0 Å².